The molecule has 84 valence electrons. The van der Waals surface area contributed by atoms with Crippen LogP contribution in [0, 0.1) is 5.82 Å². The fourth-order valence-corrected chi connectivity index (χ4v) is 1.99. The first-order chi connectivity index (χ1) is 7.72. The van der Waals surface area contributed by atoms with Gasteiger partial charge in [0.1, 0.15) is 11.5 Å². The van der Waals surface area contributed by atoms with Crippen molar-refractivity contribution in [3.63, 3.8) is 0 Å². The predicted octanol–water partition coefficient (Wildman–Crippen LogP) is 2.96. The second kappa shape index (κ2) is 4.76. The summed E-state index contributed by atoms with van der Waals surface area (Å²) in [7, 11) is 1.83. The number of aromatic nitrogens is 1. The van der Waals surface area contributed by atoms with E-state index in [2.05, 4.69) is 26.2 Å². The van der Waals surface area contributed by atoms with Crippen molar-refractivity contribution in [1.82, 2.24) is 10.3 Å². The van der Waals surface area contributed by atoms with Crippen molar-refractivity contribution in [3.8, 4) is 11.3 Å². The summed E-state index contributed by atoms with van der Waals surface area (Å²) in [4.78, 5) is 4.10. The second-order valence-corrected chi connectivity index (χ2v) is 4.14. The van der Waals surface area contributed by atoms with E-state index in [9.17, 15) is 4.39 Å². The summed E-state index contributed by atoms with van der Waals surface area (Å²) in [6.45, 7) is 0.607. The van der Waals surface area contributed by atoms with Crippen LogP contribution in [0.2, 0.25) is 0 Å². The van der Waals surface area contributed by atoms with Gasteiger partial charge in [-0.2, -0.15) is 0 Å². The molecule has 0 spiro atoms. The van der Waals surface area contributed by atoms with Crippen LogP contribution in [0.25, 0.3) is 11.3 Å². The maximum absolute atomic E-state index is 12.9. The topological polar surface area (TPSA) is 38.1 Å². The van der Waals surface area contributed by atoms with Gasteiger partial charge in [0.25, 0.3) is 0 Å². The van der Waals surface area contributed by atoms with Gasteiger partial charge in [-0.1, -0.05) is 0 Å². The number of oxazole rings is 1. The zero-order chi connectivity index (χ0) is 11.5. The minimum absolute atomic E-state index is 0.287. The van der Waals surface area contributed by atoms with Gasteiger partial charge in [-0.05, 0) is 41.2 Å². The number of halogens is 2. The Morgan fingerprint density at radius 3 is 3.00 bits per heavy atom. The maximum Gasteiger partial charge on any atom is 0.181 e. The third-order valence-corrected chi connectivity index (χ3v) is 2.82. The zero-order valence-corrected chi connectivity index (χ0v) is 10.2. The molecule has 0 atom stereocenters. The summed E-state index contributed by atoms with van der Waals surface area (Å²) >= 11 is 3.31. The van der Waals surface area contributed by atoms with Gasteiger partial charge in [-0.3, -0.25) is 0 Å². The van der Waals surface area contributed by atoms with Crippen LogP contribution in [0.3, 0.4) is 0 Å². The van der Waals surface area contributed by atoms with Crippen LogP contribution in [-0.4, -0.2) is 12.0 Å². The fraction of sp³-hybridized carbons (Fsp3) is 0.182. The van der Waals surface area contributed by atoms with Crippen molar-refractivity contribution in [2.24, 2.45) is 0 Å². The molecule has 5 heteroatoms. The molecule has 1 heterocycles. The standard InChI is InChI=1S/C11H10BrFN2O/c1-14-5-10-11(16-6-15-10)8-3-2-7(13)4-9(8)12/h2-4,6,14H,5H2,1H3. The van der Waals surface area contributed by atoms with Crippen LogP contribution in [0.4, 0.5) is 4.39 Å². The number of rotatable bonds is 3. The van der Waals surface area contributed by atoms with E-state index in [1.807, 2.05) is 7.05 Å². The molecule has 0 aliphatic carbocycles. The van der Waals surface area contributed by atoms with Crippen LogP contribution in [0.1, 0.15) is 5.69 Å². The van der Waals surface area contributed by atoms with Crippen LogP contribution in [0.15, 0.2) is 33.5 Å². The van der Waals surface area contributed by atoms with Crippen molar-refractivity contribution in [2.45, 2.75) is 6.54 Å². The van der Waals surface area contributed by atoms with Crippen LogP contribution < -0.4 is 5.32 Å². The van der Waals surface area contributed by atoms with E-state index in [0.29, 0.717) is 16.8 Å². The maximum atomic E-state index is 12.9. The van der Waals surface area contributed by atoms with Gasteiger partial charge >= 0.3 is 0 Å². The molecule has 1 aromatic heterocycles. The summed E-state index contributed by atoms with van der Waals surface area (Å²) in [6, 6.07) is 4.46. The molecule has 0 aliphatic rings. The summed E-state index contributed by atoms with van der Waals surface area (Å²) < 4.78 is 18.9. The van der Waals surface area contributed by atoms with Crippen LogP contribution in [-0.2, 0) is 6.54 Å². The highest BCUT2D eigenvalue weighted by atomic mass is 79.9. The molecule has 0 saturated carbocycles. The third-order valence-electron chi connectivity index (χ3n) is 2.16. The molecule has 1 aromatic carbocycles. The first-order valence-corrected chi connectivity index (χ1v) is 5.54. The molecule has 0 amide bonds. The Labute approximate surface area is 101 Å². The number of benzene rings is 1. The third kappa shape index (κ3) is 2.15. The van der Waals surface area contributed by atoms with Gasteiger partial charge in [0.05, 0.1) is 0 Å². The number of nitrogens with zero attached hydrogens (tertiary/aromatic N) is 1. The number of hydrogen-bond donors (Lipinski definition) is 1. The second-order valence-electron chi connectivity index (χ2n) is 3.28. The Kier molecular flexibility index (Phi) is 3.36. The average Bonchev–Trinajstić information content (AvgIpc) is 2.67. The summed E-state index contributed by atoms with van der Waals surface area (Å²) in [5, 5.41) is 3.00. The number of nitrogens with one attached hydrogen (secondary N) is 1. The largest absolute Gasteiger partial charge is 0.443 e. The van der Waals surface area contributed by atoms with E-state index in [0.717, 1.165) is 11.3 Å². The fourth-order valence-electron chi connectivity index (χ4n) is 1.46. The molecular formula is C11H10BrFN2O. The molecule has 0 saturated heterocycles. The van der Waals surface area contributed by atoms with Crippen LogP contribution in [0.5, 0.6) is 0 Å². The summed E-state index contributed by atoms with van der Waals surface area (Å²) in [5.41, 5.74) is 1.60. The highest BCUT2D eigenvalue weighted by molar-refractivity contribution is 9.10. The van der Waals surface area contributed by atoms with Crippen molar-refractivity contribution in [3.05, 3.63) is 40.6 Å². The van der Waals surface area contributed by atoms with Gasteiger partial charge in [0.2, 0.25) is 0 Å². The Morgan fingerprint density at radius 1 is 1.50 bits per heavy atom. The molecule has 2 rings (SSSR count). The highest BCUT2D eigenvalue weighted by Gasteiger charge is 2.13. The molecule has 16 heavy (non-hydrogen) atoms. The van der Waals surface area contributed by atoms with E-state index >= 15 is 0 Å². The van der Waals surface area contributed by atoms with E-state index < -0.39 is 0 Å². The first kappa shape index (κ1) is 11.3. The molecule has 0 aliphatic heterocycles. The lowest BCUT2D eigenvalue weighted by molar-refractivity contribution is 0.569. The smallest absolute Gasteiger partial charge is 0.181 e. The Bertz CT molecular complexity index is 498. The Hall–Kier alpha value is -1.20. The Morgan fingerprint density at radius 2 is 2.31 bits per heavy atom. The number of hydrogen-bond acceptors (Lipinski definition) is 3. The minimum atomic E-state index is -0.287. The van der Waals surface area contributed by atoms with E-state index in [-0.39, 0.29) is 5.82 Å². The molecule has 1 N–H and O–H groups in total. The van der Waals surface area contributed by atoms with Crippen molar-refractivity contribution in [1.29, 1.82) is 0 Å². The first-order valence-electron chi connectivity index (χ1n) is 4.74. The van der Waals surface area contributed by atoms with Crippen molar-refractivity contribution in [2.75, 3.05) is 7.05 Å². The van der Waals surface area contributed by atoms with Gasteiger partial charge in [-0.15, -0.1) is 0 Å². The normalized spacial score (nSPS) is 10.7. The Balaban J connectivity index is 2.46. The summed E-state index contributed by atoms with van der Waals surface area (Å²) in [5.74, 6) is 0.367. The van der Waals surface area contributed by atoms with Crippen molar-refractivity contribution >= 4 is 15.9 Å². The molecule has 0 radical (unpaired) electrons. The molecule has 0 fully saturated rings. The average molecular weight is 285 g/mol. The van der Waals surface area contributed by atoms with Gasteiger partial charge in [0, 0.05) is 16.6 Å². The lowest BCUT2D eigenvalue weighted by Gasteiger charge is -2.03. The van der Waals surface area contributed by atoms with Gasteiger partial charge < -0.3 is 9.73 Å². The van der Waals surface area contributed by atoms with Crippen molar-refractivity contribution < 1.29 is 8.81 Å². The monoisotopic (exact) mass is 284 g/mol. The predicted molar refractivity (Wildman–Crippen MR) is 62.4 cm³/mol. The molecule has 3 nitrogen and oxygen atoms in total. The van der Waals surface area contributed by atoms with E-state index in [4.69, 9.17) is 4.42 Å². The van der Waals surface area contributed by atoms with Crippen LogP contribution >= 0.6 is 15.9 Å². The van der Waals surface area contributed by atoms with Gasteiger partial charge in [0.15, 0.2) is 12.2 Å². The zero-order valence-electron chi connectivity index (χ0n) is 8.63. The molecule has 0 unspecified atom stereocenters. The molecular weight excluding hydrogens is 275 g/mol. The summed E-state index contributed by atoms with van der Waals surface area (Å²) in [6.07, 6.45) is 1.39. The van der Waals surface area contributed by atoms with Gasteiger partial charge in [-0.25, -0.2) is 9.37 Å². The minimum Gasteiger partial charge on any atom is -0.443 e. The molecule has 2 aromatic rings. The van der Waals surface area contributed by atoms with E-state index in [1.54, 1.807) is 6.07 Å². The molecule has 0 bridgehead atoms. The lowest BCUT2D eigenvalue weighted by Crippen LogP contribution is -2.06. The quantitative estimate of drug-likeness (QED) is 0.942. The highest BCUT2D eigenvalue weighted by Crippen LogP contribution is 2.30. The van der Waals surface area contributed by atoms with E-state index in [1.165, 1.54) is 18.5 Å². The lowest BCUT2D eigenvalue weighted by atomic mass is 10.1. The SMILES string of the molecule is CNCc1ncoc1-c1ccc(F)cc1Br.